The van der Waals surface area contributed by atoms with E-state index in [9.17, 15) is 9.59 Å². The molecule has 1 unspecified atom stereocenters. The number of carboxylic acids is 1. The van der Waals surface area contributed by atoms with E-state index >= 15 is 0 Å². The Labute approximate surface area is 96.6 Å². The molecule has 92 valence electrons. The molecule has 1 amide bonds. The summed E-state index contributed by atoms with van der Waals surface area (Å²) in [6.45, 7) is 5.55. The van der Waals surface area contributed by atoms with Gasteiger partial charge in [-0.05, 0) is 32.6 Å². The summed E-state index contributed by atoms with van der Waals surface area (Å²) >= 11 is 0. The van der Waals surface area contributed by atoms with Gasteiger partial charge in [-0.25, -0.2) is 4.79 Å². The molecule has 1 aliphatic rings. The van der Waals surface area contributed by atoms with Crippen molar-refractivity contribution in [2.45, 2.75) is 58.5 Å². The fourth-order valence-electron chi connectivity index (χ4n) is 2.01. The Balaban J connectivity index is 2.76. The Hall–Kier alpha value is -1.06. The lowest BCUT2D eigenvalue weighted by Gasteiger charge is -2.29. The van der Waals surface area contributed by atoms with Crippen LogP contribution in [0, 0.1) is 5.92 Å². The minimum atomic E-state index is -0.911. The van der Waals surface area contributed by atoms with Crippen LogP contribution in [0.25, 0.3) is 0 Å². The fourth-order valence-corrected chi connectivity index (χ4v) is 2.01. The molecule has 0 heterocycles. The highest BCUT2D eigenvalue weighted by molar-refractivity contribution is 5.85. The Morgan fingerprint density at radius 3 is 2.12 bits per heavy atom. The average Bonchev–Trinajstić information content (AvgIpc) is 3.04. The van der Waals surface area contributed by atoms with Gasteiger partial charge in [0.1, 0.15) is 6.04 Å². The lowest BCUT2D eigenvalue weighted by Crippen LogP contribution is -2.47. The van der Waals surface area contributed by atoms with Crippen molar-refractivity contribution in [2.24, 2.45) is 5.92 Å². The predicted molar refractivity (Wildman–Crippen MR) is 61.0 cm³/mol. The molecule has 1 atom stereocenters. The Bertz CT molecular complexity index is 269. The van der Waals surface area contributed by atoms with Gasteiger partial charge in [0.05, 0.1) is 0 Å². The van der Waals surface area contributed by atoms with Gasteiger partial charge in [-0.3, -0.25) is 4.79 Å². The van der Waals surface area contributed by atoms with Crippen molar-refractivity contribution in [3.05, 3.63) is 0 Å². The summed E-state index contributed by atoms with van der Waals surface area (Å²) in [5.41, 5.74) is 0. The maximum absolute atomic E-state index is 12.2. The van der Waals surface area contributed by atoms with Crippen LogP contribution in [-0.4, -0.2) is 34.0 Å². The fraction of sp³-hybridized carbons (Fsp3) is 0.833. The summed E-state index contributed by atoms with van der Waals surface area (Å²) in [5, 5.41) is 9.01. The maximum atomic E-state index is 12.2. The van der Waals surface area contributed by atoms with Gasteiger partial charge in [-0.2, -0.15) is 0 Å². The van der Waals surface area contributed by atoms with E-state index < -0.39 is 12.0 Å². The molecule has 0 aromatic rings. The molecule has 0 bridgehead atoms. The van der Waals surface area contributed by atoms with Gasteiger partial charge in [-0.1, -0.05) is 13.8 Å². The van der Waals surface area contributed by atoms with E-state index in [0.717, 1.165) is 25.7 Å². The zero-order chi connectivity index (χ0) is 12.3. The predicted octanol–water partition coefficient (Wildman–Crippen LogP) is 1.89. The van der Waals surface area contributed by atoms with Gasteiger partial charge in [-0.15, -0.1) is 0 Å². The minimum Gasteiger partial charge on any atom is -0.480 e. The molecule has 0 spiro atoms. The van der Waals surface area contributed by atoms with E-state index in [1.165, 1.54) is 0 Å². The number of hydrogen-bond donors (Lipinski definition) is 1. The first kappa shape index (κ1) is 13.0. The van der Waals surface area contributed by atoms with Crippen LogP contribution in [0.4, 0.5) is 0 Å². The van der Waals surface area contributed by atoms with Crippen molar-refractivity contribution >= 4 is 11.9 Å². The SMILES string of the molecule is CCC(CC)C(=O)N(C1CC1)C(C)C(=O)O. The molecule has 4 heteroatoms. The number of carbonyl (C=O) groups excluding carboxylic acids is 1. The van der Waals surface area contributed by atoms with E-state index in [4.69, 9.17) is 5.11 Å². The van der Waals surface area contributed by atoms with Crippen LogP contribution in [0.5, 0.6) is 0 Å². The smallest absolute Gasteiger partial charge is 0.326 e. The number of hydrogen-bond acceptors (Lipinski definition) is 2. The van der Waals surface area contributed by atoms with Crippen LogP contribution < -0.4 is 0 Å². The Kier molecular flexibility index (Phi) is 4.33. The molecule has 1 rings (SSSR count). The number of amides is 1. The van der Waals surface area contributed by atoms with Crippen molar-refractivity contribution < 1.29 is 14.7 Å². The zero-order valence-electron chi connectivity index (χ0n) is 10.3. The first-order valence-electron chi connectivity index (χ1n) is 6.07. The number of carboxylic acid groups (broad SMARTS) is 1. The van der Waals surface area contributed by atoms with E-state index in [2.05, 4.69) is 0 Å². The van der Waals surface area contributed by atoms with Crippen LogP contribution in [0.3, 0.4) is 0 Å². The zero-order valence-corrected chi connectivity index (χ0v) is 10.3. The molecular weight excluding hydrogens is 206 g/mol. The third-order valence-corrected chi connectivity index (χ3v) is 3.30. The van der Waals surface area contributed by atoms with Gasteiger partial charge in [0.15, 0.2) is 0 Å². The first-order valence-corrected chi connectivity index (χ1v) is 6.07. The van der Waals surface area contributed by atoms with E-state index in [-0.39, 0.29) is 17.9 Å². The highest BCUT2D eigenvalue weighted by atomic mass is 16.4. The van der Waals surface area contributed by atoms with E-state index in [0.29, 0.717) is 0 Å². The Morgan fingerprint density at radius 2 is 1.81 bits per heavy atom. The summed E-state index contributed by atoms with van der Waals surface area (Å²) in [6, 6.07) is -0.528. The van der Waals surface area contributed by atoms with Crippen LogP contribution >= 0.6 is 0 Å². The van der Waals surface area contributed by atoms with Crippen LogP contribution in [0.15, 0.2) is 0 Å². The molecule has 1 aliphatic carbocycles. The van der Waals surface area contributed by atoms with Crippen molar-refractivity contribution in [3.8, 4) is 0 Å². The van der Waals surface area contributed by atoms with E-state index in [1.807, 2.05) is 13.8 Å². The standard InChI is InChI=1S/C12H21NO3/c1-4-9(5-2)11(14)13(10-6-7-10)8(3)12(15)16/h8-10H,4-7H2,1-3H3,(H,15,16). The molecular formula is C12H21NO3. The molecule has 4 nitrogen and oxygen atoms in total. The highest BCUT2D eigenvalue weighted by Crippen LogP contribution is 2.31. The summed E-state index contributed by atoms with van der Waals surface area (Å²) in [4.78, 5) is 24.8. The van der Waals surface area contributed by atoms with Crippen molar-refractivity contribution in [1.82, 2.24) is 4.90 Å². The number of nitrogens with zero attached hydrogens (tertiary/aromatic N) is 1. The van der Waals surface area contributed by atoms with Crippen LogP contribution in [0.2, 0.25) is 0 Å². The molecule has 1 saturated carbocycles. The van der Waals surface area contributed by atoms with Crippen molar-refractivity contribution in [3.63, 3.8) is 0 Å². The minimum absolute atomic E-state index is 0.0161. The van der Waals surface area contributed by atoms with Crippen molar-refractivity contribution in [1.29, 1.82) is 0 Å². The largest absolute Gasteiger partial charge is 0.480 e. The molecule has 0 aliphatic heterocycles. The second kappa shape index (κ2) is 5.32. The second-order valence-corrected chi connectivity index (χ2v) is 4.50. The van der Waals surface area contributed by atoms with Crippen molar-refractivity contribution in [2.75, 3.05) is 0 Å². The third kappa shape index (κ3) is 2.74. The van der Waals surface area contributed by atoms with Gasteiger partial charge < -0.3 is 10.0 Å². The first-order chi connectivity index (χ1) is 7.52. The topological polar surface area (TPSA) is 57.6 Å². The number of carbonyl (C=O) groups is 2. The third-order valence-electron chi connectivity index (χ3n) is 3.30. The second-order valence-electron chi connectivity index (χ2n) is 4.50. The van der Waals surface area contributed by atoms with Gasteiger partial charge in [0.2, 0.25) is 5.91 Å². The van der Waals surface area contributed by atoms with E-state index in [1.54, 1.807) is 11.8 Å². The number of rotatable bonds is 6. The summed E-state index contributed by atoms with van der Waals surface area (Å²) in [6.07, 6.45) is 3.46. The molecule has 0 aromatic carbocycles. The average molecular weight is 227 g/mol. The highest BCUT2D eigenvalue weighted by Gasteiger charge is 2.39. The lowest BCUT2D eigenvalue weighted by atomic mass is 10.0. The summed E-state index contributed by atoms with van der Waals surface area (Å²) < 4.78 is 0. The molecule has 0 saturated heterocycles. The molecule has 1 N–H and O–H groups in total. The van der Waals surface area contributed by atoms with Gasteiger partial charge in [0, 0.05) is 12.0 Å². The molecule has 0 radical (unpaired) electrons. The quantitative estimate of drug-likeness (QED) is 0.753. The lowest BCUT2D eigenvalue weighted by molar-refractivity contribution is -0.152. The van der Waals surface area contributed by atoms with Gasteiger partial charge >= 0.3 is 5.97 Å². The maximum Gasteiger partial charge on any atom is 0.326 e. The summed E-state index contributed by atoms with van der Waals surface area (Å²) in [5.74, 6) is -0.920. The molecule has 0 aromatic heterocycles. The van der Waals surface area contributed by atoms with Crippen LogP contribution in [-0.2, 0) is 9.59 Å². The van der Waals surface area contributed by atoms with Gasteiger partial charge in [0.25, 0.3) is 0 Å². The molecule has 1 fully saturated rings. The Morgan fingerprint density at radius 1 is 1.31 bits per heavy atom. The number of aliphatic carboxylic acids is 1. The normalized spacial score (nSPS) is 17.2. The van der Waals surface area contributed by atoms with Crippen LogP contribution in [0.1, 0.15) is 46.5 Å². The summed E-state index contributed by atoms with van der Waals surface area (Å²) in [7, 11) is 0. The molecule has 16 heavy (non-hydrogen) atoms. The monoisotopic (exact) mass is 227 g/mol.